The number of carbonyl (C=O) groups is 1. The molecule has 0 fully saturated rings. The third-order valence-electron chi connectivity index (χ3n) is 2.04. The van der Waals surface area contributed by atoms with Crippen LogP contribution in [0, 0.1) is 23.3 Å². The van der Waals surface area contributed by atoms with E-state index in [1.54, 1.807) is 0 Å². The molecule has 0 spiro atoms. The molecule has 0 heterocycles. The van der Waals surface area contributed by atoms with Crippen LogP contribution in [-0.2, 0) is 4.79 Å². The SMILES string of the molecule is COc1c(F)c(F)c([C@H](N)C(=O)O)c(F)c1F. The van der Waals surface area contributed by atoms with Gasteiger partial charge in [-0.2, -0.15) is 8.78 Å². The van der Waals surface area contributed by atoms with Crippen molar-refractivity contribution in [2.75, 3.05) is 7.11 Å². The molecule has 0 bridgehead atoms. The molecule has 0 aromatic heterocycles. The van der Waals surface area contributed by atoms with Crippen LogP contribution in [0.1, 0.15) is 11.6 Å². The molecule has 94 valence electrons. The highest BCUT2D eigenvalue weighted by atomic mass is 19.2. The Bertz CT molecular complexity index is 449. The minimum Gasteiger partial charge on any atom is -0.491 e. The molecule has 0 amide bonds. The van der Waals surface area contributed by atoms with Gasteiger partial charge in [0.1, 0.15) is 6.04 Å². The predicted molar refractivity (Wildman–Crippen MR) is 47.4 cm³/mol. The first-order valence-electron chi connectivity index (χ1n) is 4.21. The lowest BCUT2D eigenvalue weighted by molar-refractivity contribution is -0.138. The summed E-state index contributed by atoms with van der Waals surface area (Å²) in [4.78, 5) is 10.4. The Morgan fingerprint density at radius 2 is 1.59 bits per heavy atom. The molecular formula is C9H7F4NO3. The molecule has 1 aromatic rings. The van der Waals surface area contributed by atoms with Crippen molar-refractivity contribution < 1.29 is 32.2 Å². The van der Waals surface area contributed by atoms with E-state index >= 15 is 0 Å². The van der Waals surface area contributed by atoms with Crippen molar-refractivity contribution in [3.8, 4) is 5.75 Å². The van der Waals surface area contributed by atoms with Gasteiger partial charge >= 0.3 is 5.97 Å². The smallest absolute Gasteiger partial charge is 0.325 e. The fourth-order valence-electron chi connectivity index (χ4n) is 1.20. The first-order chi connectivity index (χ1) is 7.82. The highest BCUT2D eigenvalue weighted by molar-refractivity contribution is 5.75. The molecule has 0 aliphatic rings. The quantitative estimate of drug-likeness (QED) is 0.629. The largest absolute Gasteiger partial charge is 0.491 e. The molecule has 0 saturated carbocycles. The van der Waals surface area contributed by atoms with E-state index in [0.717, 1.165) is 7.11 Å². The number of hydrogen-bond donors (Lipinski definition) is 2. The third kappa shape index (κ3) is 2.03. The number of halogens is 4. The highest BCUT2D eigenvalue weighted by Crippen LogP contribution is 2.32. The maximum Gasteiger partial charge on any atom is 0.325 e. The molecule has 0 saturated heterocycles. The standard InChI is InChI=1S/C9H7F4NO3/c1-17-8-5(12)3(10)2(4(11)6(8)13)7(14)9(15)16/h7H,14H2,1H3,(H,15,16)/t7-/m0/s1. The lowest BCUT2D eigenvalue weighted by Gasteiger charge is -2.13. The molecule has 0 unspecified atom stereocenters. The van der Waals surface area contributed by atoms with Gasteiger partial charge in [-0.15, -0.1) is 0 Å². The molecule has 8 heteroatoms. The zero-order chi connectivity index (χ0) is 13.3. The second-order valence-corrected chi connectivity index (χ2v) is 3.02. The summed E-state index contributed by atoms with van der Waals surface area (Å²) in [7, 11) is 0.803. The molecule has 0 aliphatic carbocycles. The number of benzene rings is 1. The van der Waals surface area contributed by atoms with Crippen LogP contribution in [0.15, 0.2) is 0 Å². The molecule has 0 aliphatic heterocycles. The Labute approximate surface area is 92.6 Å². The Hall–Kier alpha value is -1.83. The fourth-order valence-corrected chi connectivity index (χ4v) is 1.20. The van der Waals surface area contributed by atoms with E-state index < -0.39 is 46.6 Å². The van der Waals surface area contributed by atoms with E-state index in [-0.39, 0.29) is 0 Å². The molecule has 3 N–H and O–H groups in total. The van der Waals surface area contributed by atoms with Crippen LogP contribution in [0.3, 0.4) is 0 Å². The van der Waals surface area contributed by atoms with E-state index in [4.69, 9.17) is 10.8 Å². The Morgan fingerprint density at radius 3 is 1.88 bits per heavy atom. The number of nitrogens with two attached hydrogens (primary N) is 1. The van der Waals surface area contributed by atoms with Crippen molar-refractivity contribution in [1.82, 2.24) is 0 Å². The van der Waals surface area contributed by atoms with E-state index in [2.05, 4.69) is 4.74 Å². The second kappa shape index (κ2) is 4.58. The predicted octanol–water partition coefficient (Wildman–Crippen LogP) is 1.34. The van der Waals surface area contributed by atoms with Crippen LogP contribution in [0.5, 0.6) is 5.75 Å². The number of aliphatic carboxylic acids is 1. The van der Waals surface area contributed by atoms with Gasteiger partial charge in [0.2, 0.25) is 11.6 Å². The van der Waals surface area contributed by atoms with Crippen molar-refractivity contribution in [2.24, 2.45) is 5.73 Å². The summed E-state index contributed by atoms with van der Waals surface area (Å²) in [6, 6.07) is -2.22. The van der Waals surface area contributed by atoms with Crippen LogP contribution < -0.4 is 10.5 Å². The second-order valence-electron chi connectivity index (χ2n) is 3.02. The Morgan fingerprint density at radius 1 is 1.18 bits per heavy atom. The maximum absolute atomic E-state index is 13.3. The van der Waals surface area contributed by atoms with Crippen LogP contribution in [-0.4, -0.2) is 18.2 Å². The minimum atomic E-state index is -2.22. The summed E-state index contributed by atoms with van der Waals surface area (Å²) in [5, 5.41) is 8.46. The number of carboxylic acids is 1. The number of hydrogen-bond acceptors (Lipinski definition) is 3. The van der Waals surface area contributed by atoms with Gasteiger partial charge < -0.3 is 15.6 Å². The van der Waals surface area contributed by atoms with Crippen LogP contribution in [0.2, 0.25) is 0 Å². The van der Waals surface area contributed by atoms with Crippen molar-refractivity contribution in [3.63, 3.8) is 0 Å². The van der Waals surface area contributed by atoms with Crippen molar-refractivity contribution >= 4 is 5.97 Å². The monoisotopic (exact) mass is 253 g/mol. The average Bonchev–Trinajstić information content (AvgIpc) is 2.27. The van der Waals surface area contributed by atoms with Crippen LogP contribution in [0.25, 0.3) is 0 Å². The minimum absolute atomic E-state index is 0.803. The summed E-state index contributed by atoms with van der Waals surface area (Å²) in [5.74, 6) is -10.6. The molecule has 1 aromatic carbocycles. The van der Waals surface area contributed by atoms with Gasteiger partial charge in [0.25, 0.3) is 0 Å². The number of rotatable bonds is 3. The Balaban J connectivity index is 3.59. The molecular weight excluding hydrogens is 246 g/mol. The highest BCUT2D eigenvalue weighted by Gasteiger charge is 2.32. The number of methoxy groups -OCH3 is 1. The molecule has 4 nitrogen and oxygen atoms in total. The summed E-state index contributed by atoms with van der Waals surface area (Å²) < 4.78 is 57.0. The van der Waals surface area contributed by atoms with Gasteiger partial charge in [0, 0.05) is 0 Å². The van der Waals surface area contributed by atoms with Crippen LogP contribution in [0.4, 0.5) is 17.6 Å². The Kier molecular flexibility index (Phi) is 3.56. The van der Waals surface area contributed by atoms with Gasteiger partial charge in [-0.3, -0.25) is 4.79 Å². The molecule has 0 radical (unpaired) electrons. The topological polar surface area (TPSA) is 72.5 Å². The van der Waals surface area contributed by atoms with E-state index in [9.17, 15) is 22.4 Å². The lowest BCUT2D eigenvalue weighted by atomic mass is 10.1. The van der Waals surface area contributed by atoms with Crippen molar-refractivity contribution in [2.45, 2.75) is 6.04 Å². The van der Waals surface area contributed by atoms with Gasteiger partial charge in [-0.25, -0.2) is 8.78 Å². The first-order valence-corrected chi connectivity index (χ1v) is 4.21. The zero-order valence-electron chi connectivity index (χ0n) is 8.43. The molecule has 17 heavy (non-hydrogen) atoms. The van der Waals surface area contributed by atoms with E-state index in [1.165, 1.54) is 0 Å². The van der Waals surface area contributed by atoms with Gasteiger partial charge in [0.15, 0.2) is 17.4 Å². The maximum atomic E-state index is 13.3. The average molecular weight is 253 g/mol. The summed E-state index contributed by atoms with van der Waals surface area (Å²) in [5.41, 5.74) is 3.52. The molecule has 1 atom stereocenters. The van der Waals surface area contributed by atoms with Gasteiger partial charge in [0.05, 0.1) is 12.7 Å². The first kappa shape index (κ1) is 13.2. The number of ether oxygens (including phenoxy) is 1. The lowest BCUT2D eigenvalue weighted by Crippen LogP contribution is -2.24. The van der Waals surface area contributed by atoms with Crippen molar-refractivity contribution in [1.29, 1.82) is 0 Å². The van der Waals surface area contributed by atoms with Crippen molar-refractivity contribution in [3.05, 3.63) is 28.8 Å². The van der Waals surface area contributed by atoms with E-state index in [0.29, 0.717) is 0 Å². The molecule has 1 rings (SSSR count). The van der Waals surface area contributed by atoms with Gasteiger partial charge in [-0.1, -0.05) is 0 Å². The summed E-state index contributed by atoms with van der Waals surface area (Å²) in [6.07, 6.45) is 0. The van der Waals surface area contributed by atoms with Gasteiger partial charge in [-0.05, 0) is 0 Å². The van der Waals surface area contributed by atoms with Crippen LogP contribution >= 0.6 is 0 Å². The third-order valence-corrected chi connectivity index (χ3v) is 2.04. The summed E-state index contributed by atoms with van der Waals surface area (Å²) >= 11 is 0. The summed E-state index contributed by atoms with van der Waals surface area (Å²) in [6.45, 7) is 0. The fraction of sp³-hybridized carbons (Fsp3) is 0.222. The number of carboxylic acid groups (broad SMARTS) is 1. The van der Waals surface area contributed by atoms with E-state index in [1.807, 2.05) is 0 Å². The zero-order valence-corrected chi connectivity index (χ0v) is 8.43. The normalized spacial score (nSPS) is 12.4.